The summed E-state index contributed by atoms with van der Waals surface area (Å²) in [7, 11) is 3.39. The lowest BCUT2D eigenvalue weighted by molar-refractivity contribution is 0.286. The van der Waals surface area contributed by atoms with Gasteiger partial charge in [0.1, 0.15) is 0 Å². The third-order valence-electron chi connectivity index (χ3n) is 5.01. The average Bonchev–Trinajstić information content (AvgIpc) is 2.79. The fourth-order valence-corrected chi connectivity index (χ4v) is 3.69. The van der Waals surface area contributed by atoms with E-state index in [9.17, 15) is 0 Å². The minimum atomic E-state index is 0.571. The van der Waals surface area contributed by atoms with Gasteiger partial charge in [-0.3, -0.25) is 0 Å². The summed E-state index contributed by atoms with van der Waals surface area (Å²) < 4.78 is 10.8. The SMILES string of the molecule is COc1ccc(C2CCCCCC2C(C)CN)cc1OC. The van der Waals surface area contributed by atoms with Gasteiger partial charge < -0.3 is 15.2 Å². The number of benzene rings is 1. The van der Waals surface area contributed by atoms with E-state index in [0.29, 0.717) is 17.8 Å². The van der Waals surface area contributed by atoms with Crippen molar-refractivity contribution in [3.05, 3.63) is 23.8 Å². The molecule has 0 aliphatic heterocycles. The lowest BCUT2D eigenvalue weighted by atomic mass is 9.75. The number of hydrogen-bond acceptors (Lipinski definition) is 3. The first-order valence-corrected chi connectivity index (χ1v) is 8.13. The van der Waals surface area contributed by atoms with Crippen molar-refractivity contribution in [3.63, 3.8) is 0 Å². The molecule has 1 aromatic carbocycles. The van der Waals surface area contributed by atoms with Crippen LogP contribution >= 0.6 is 0 Å². The summed E-state index contributed by atoms with van der Waals surface area (Å²) in [6, 6.07) is 6.39. The van der Waals surface area contributed by atoms with Crippen LogP contribution in [0.5, 0.6) is 11.5 Å². The van der Waals surface area contributed by atoms with E-state index in [1.54, 1.807) is 14.2 Å². The zero-order valence-corrected chi connectivity index (χ0v) is 13.6. The Bertz CT molecular complexity index is 447. The summed E-state index contributed by atoms with van der Waals surface area (Å²) in [4.78, 5) is 0. The molecule has 1 aliphatic rings. The van der Waals surface area contributed by atoms with E-state index in [-0.39, 0.29) is 0 Å². The van der Waals surface area contributed by atoms with Crippen LogP contribution in [-0.4, -0.2) is 20.8 Å². The largest absolute Gasteiger partial charge is 0.493 e. The molecule has 3 unspecified atom stereocenters. The quantitative estimate of drug-likeness (QED) is 0.835. The maximum Gasteiger partial charge on any atom is 0.160 e. The van der Waals surface area contributed by atoms with Gasteiger partial charge in [-0.2, -0.15) is 0 Å². The Kier molecular flexibility index (Phi) is 5.92. The molecule has 1 fully saturated rings. The van der Waals surface area contributed by atoms with Gasteiger partial charge in [-0.05, 0) is 54.8 Å². The van der Waals surface area contributed by atoms with Gasteiger partial charge in [0.05, 0.1) is 14.2 Å². The molecule has 3 nitrogen and oxygen atoms in total. The molecule has 118 valence electrons. The van der Waals surface area contributed by atoms with Crippen LogP contribution < -0.4 is 15.2 Å². The molecule has 0 radical (unpaired) electrons. The monoisotopic (exact) mass is 291 g/mol. The fraction of sp³-hybridized carbons (Fsp3) is 0.667. The van der Waals surface area contributed by atoms with E-state index in [1.807, 2.05) is 6.07 Å². The topological polar surface area (TPSA) is 44.5 Å². The van der Waals surface area contributed by atoms with Gasteiger partial charge >= 0.3 is 0 Å². The highest BCUT2D eigenvalue weighted by molar-refractivity contribution is 5.44. The van der Waals surface area contributed by atoms with Gasteiger partial charge in [0, 0.05) is 0 Å². The lowest BCUT2D eigenvalue weighted by Crippen LogP contribution is -2.25. The highest BCUT2D eigenvalue weighted by Gasteiger charge is 2.29. The van der Waals surface area contributed by atoms with E-state index in [0.717, 1.165) is 18.0 Å². The number of nitrogens with two attached hydrogens (primary N) is 1. The smallest absolute Gasteiger partial charge is 0.160 e. The van der Waals surface area contributed by atoms with Crippen LogP contribution in [0.3, 0.4) is 0 Å². The highest BCUT2D eigenvalue weighted by atomic mass is 16.5. The van der Waals surface area contributed by atoms with Crippen LogP contribution in [-0.2, 0) is 0 Å². The van der Waals surface area contributed by atoms with Crippen LogP contribution in [0.15, 0.2) is 18.2 Å². The second-order valence-electron chi connectivity index (χ2n) is 6.24. The Morgan fingerprint density at radius 1 is 1.10 bits per heavy atom. The zero-order chi connectivity index (χ0) is 15.2. The molecule has 1 aromatic rings. The first-order chi connectivity index (χ1) is 10.2. The van der Waals surface area contributed by atoms with Crippen molar-refractivity contribution in [3.8, 4) is 11.5 Å². The van der Waals surface area contributed by atoms with Crippen LogP contribution in [0.25, 0.3) is 0 Å². The lowest BCUT2D eigenvalue weighted by Gasteiger charge is -2.30. The molecule has 0 heterocycles. The van der Waals surface area contributed by atoms with Gasteiger partial charge in [-0.15, -0.1) is 0 Å². The second kappa shape index (κ2) is 7.69. The normalized spacial score (nSPS) is 24.2. The molecule has 1 aliphatic carbocycles. The molecule has 2 N–H and O–H groups in total. The van der Waals surface area contributed by atoms with E-state index in [1.165, 1.54) is 37.7 Å². The summed E-state index contributed by atoms with van der Waals surface area (Å²) >= 11 is 0. The van der Waals surface area contributed by atoms with Gasteiger partial charge in [0.15, 0.2) is 11.5 Å². The molecular weight excluding hydrogens is 262 g/mol. The molecule has 2 rings (SSSR count). The molecule has 21 heavy (non-hydrogen) atoms. The predicted octanol–water partition coefficient (Wildman–Crippen LogP) is 3.96. The maximum absolute atomic E-state index is 5.95. The Hall–Kier alpha value is -1.22. The Morgan fingerprint density at radius 3 is 2.48 bits per heavy atom. The third kappa shape index (κ3) is 3.70. The number of hydrogen-bond donors (Lipinski definition) is 1. The Morgan fingerprint density at radius 2 is 1.81 bits per heavy atom. The van der Waals surface area contributed by atoms with Crippen molar-refractivity contribution in [2.75, 3.05) is 20.8 Å². The van der Waals surface area contributed by atoms with Crippen molar-refractivity contribution < 1.29 is 9.47 Å². The minimum Gasteiger partial charge on any atom is -0.493 e. The van der Waals surface area contributed by atoms with Gasteiger partial charge in [0.25, 0.3) is 0 Å². The molecule has 0 amide bonds. The standard InChI is InChI=1S/C18H29NO2/c1-13(12-19)15-7-5-4-6-8-16(15)14-9-10-17(20-2)18(11-14)21-3/h9-11,13,15-16H,4-8,12,19H2,1-3H3. The van der Waals surface area contributed by atoms with Crippen molar-refractivity contribution in [1.82, 2.24) is 0 Å². The molecule has 0 aromatic heterocycles. The highest BCUT2D eigenvalue weighted by Crippen LogP contribution is 2.42. The number of rotatable bonds is 5. The van der Waals surface area contributed by atoms with Crippen molar-refractivity contribution in [2.45, 2.75) is 44.9 Å². The summed E-state index contributed by atoms with van der Waals surface area (Å²) in [6.45, 7) is 3.07. The van der Waals surface area contributed by atoms with E-state index < -0.39 is 0 Å². The van der Waals surface area contributed by atoms with E-state index in [4.69, 9.17) is 15.2 Å². The fourth-order valence-electron chi connectivity index (χ4n) is 3.69. The summed E-state index contributed by atoms with van der Waals surface area (Å²) in [5.41, 5.74) is 7.33. The number of methoxy groups -OCH3 is 2. The van der Waals surface area contributed by atoms with Crippen molar-refractivity contribution in [2.24, 2.45) is 17.6 Å². The molecule has 1 saturated carbocycles. The van der Waals surface area contributed by atoms with Crippen molar-refractivity contribution in [1.29, 1.82) is 0 Å². The minimum absolute atomic E-state index is 0.571. The third-order valence-corrected chi connectivity index (χ3v) is 5.01. The first kappa shape index (κ1) is 16.2. The van der Waals surface area contributed by atoms with Gasteiger partial charge in [0.2, 0.25) is 0 Å². The summed E-state index contributed by atoms with van der Waals surface area (Å²) in [5.74, 6) is 3.47. The molecular formula is C18H29NO2. The maximum atomic E-state index is 5.95. The van der Waals surface area contributed by atoms with Crippen LogP contribution in [0.2, 0.25) is 0 Å². The Labute approximate surface area is 128 Å². The van der Waals surface area contributed by atoms with Gasteiger partial charge in [-0.25, -0.2) is 0 Å². The Balaban J connectivity index is 2.31. The zero-order valence-electron chi connectivity index (χ0n) is 13.6. The molecule has 3 heteroatoms. The average molecular weight is 291 g/mol. The first-order valence-electron chi connectivity index (χ1n) is 8.13. The molecule has 0 saturated heterocycles. The van der Waals surface area contributed by atoms with E-state index in [2.05, 4.69) is 19.1 Å². The van der Waals surface area contributed by atoms with Crippen LogP contribution in [0.4, 0.5) is 0 Å². The number of ether oxygens (including phenoxy) is 2. The van der Waals surface area contributed by atoms with Crippen LogP contribution in [0, 0.1) is 11.8 Å². The molecule has 0 spiro atoms. The molecule has 0 bridgehead atoms. The van der Waals surface area contributed by atoms with Crippen LogP contribution in [0.1, 0.15) is 50.5 Å². The molecule has 3 atom stereocenters. The summed E-state index contributed by atoms with van der Waals surface area (Å²) in [5, 5.41) is 0. The van der Waals surface area contributed by atoms with Crippen molar-refractivity contribution >= 4 is 0 Å². The predicted molar refractivity (Wildman–Crippen MR) is 87.1 cm³/mol. The van der Waals surface area contributed by atoms with Gasteiger partial charge in [-0.1, -0.05) is 32.3 Å². The summed E-state index contributed by atoms with van der Waals surface area (Å²) in [6.07, 6.45) is 6.53. The van der Waals surface area contributed by atoms with E-state index >= 15 is 0 Å². The second-order valence-corrected chi connectivity index (χ2v) is 6.24.